The minimum atomic E-state index is -1.44. The van der Waals surface area contributed by atoms with E-state index in [-0.39, 0.29) is 38.8 Å². The summed E-state index contributed by atoms with van der Waals surface area (Å²) >= 11 is 0. The first kappa shape index (κ1) is 31.1. The number of carbonyl (C=O) groups is 5. The van der Waals surface area contributed by atoms with Gasteiger partial charge >= 0.3 is 18.0 Å². The van der Waals surface area contributed by atoms with Crippen molar-refractivity contribution in [1.82, 2.24) is 15.5 Å². The van der Waals surface area contributed by atoms with Crippen LogP contribution in [0.4, 0.5) is 4.79 Å². The standard InChI is InChI=1S/C29H36N4O8/c30-15-7-6-12-22(32-29(40)41-18-19-8-2-1-3-9-19)26(35)31-23(27(36)37)13-14-25(34)33-17-21-11-5-4-10-20(21)16-24(33)28(38)39/h1-5,8-11,22-24H,6-7,12-18,30H2,(H,31,35)(H,32,40)(H,36,37)(H,38,39)/t22-,23+,24-/m0/s1. The number of fused-ring (bicyclic) bond motifs is 1. The number of hydrogen-bond acceptors (Lipinski definition) is 7. The molecule has 3 atom stereocenters. The van der Waals surface area contributed by atoms with Gasteiger partial charge in [0.2, 0.25) is 11.8 Å². The fraction of sp³-hybridized carbons (Fsp3) is 0.414. The molecule has 0 aromatic heterocycles. The van der Waals surface area contributed by atoms with E-state index in [1.807, 2.05) is 18.2 Å². The van der Waals surface area contributed by atoms with Crippen LogP contribution in [0.1, 0.15) is 48.8 Å². The molecule has 0 saturated heterocycles. The lowest BCUT2D eigenvalue weighted by molar-refractivity contribution is -0.152. The lowest BCUT2D eigenvalue weighted by Gasteiger charge is -2.34. The highest BCUT2D eigenvalue weighted by Crippen LogP contribution is 2.24. The molecule has 1 aliphatic rings. The first-order chi connectivity index (χ1) is 19.7. The van der Waals surface area contributed by atoms with Crippen molar-refractivity contribution in [3.05, 3.63) is 71.3 Å². The van der Waals surface area contributed by atoms with Gasteiger partial charge in [-0.05, 0) is 48.9 Å². The monoisotopic (exact) mass is 568 g/mol. The van der Waals surface area contributed by atoms with Crippen LogP contribution in [0.5, 0.6) is 0 Å². The second-order valence-corrected chi connectivity index (χ2v) is 9.83. The summed E-state index contributed by atoms with van der Waals surface area (Å²) in [6, 6.07) is 12.6. The number of alkyl carbamates (subject to hydrolysis) is 1. The first-order valence-electron chi connectivity index (χ1n) is 13.5. The lowest BCUT2D eigenvalue weighted by Crippen LogP contribution is -2.52. The molecule has 0 spiro atoms. The Morgan fingerprint density at radius 2 is 1.59 bits per heavy atom. The second kappa shape index (κ2) is 15.4. The molecule has 6 N–H and O–H groups in total. The van der Waals surface area contributed by atoms with Gasteiger partial charge < -0.3 is 36.2 Å². The van der Waals surface area contributed by atoms with E-state index in [2.05, 4.69) is 10.6 Å². The molecule has 0 fully saturated rings. The molecule has 1 heterocycles. The number of amides is 3. The van der Waals surface area contributed by atoms with Crippen LogP contribution in [0, 0.1) is 0 Å². The van der Waals surface area contributed by atoms with Gasteiger partial charge in [-0.15, -0.1) is 0 Å². The normalized spacial score (nSPS) is 15.6. The minimum absolute atomic E-state index is 0.0119. The van der Waals surface area contributed by atoms with Crippen molar-refractivity contribution >= 4 is 29.8 Å². The quantitative estimate of drug-likeness (QED) is 0.212. The van der Waals surface area contributed by atoms with E-state index >= 15 is 0 Å². The molecule has 0 aliphatic carbocycles. The second-order valence-electron chi connectivity index (χ2n) is 9.83. The van der Waals surface area contributed by atoms with Crippen LogP contribution in [0.3, 0.4) is 0 Å². The average molecular weight is 569 g/mol. The van der Waals surface area contributed by atoms with Gasteiger partial charge in [0.1, 0.15) is 24.7 Å². The molecule has 12 nitrogen and oxygen atoms in total. The Labute approximate surface area is 237 Å². The van der Waals surface area contributed by atoms with Gasteiger partial charge in [0.05, 0.1) is 0 Å². The maximum Gasteiger partial charge on any atom is 0.408 e. The van der Waals surface area contributed by atoms with Crippen molar-refractivity contribution in [3.63, 3.8) is 0 Å². The summed E-state index contributed by atoms with van der Waals surface area (Å²) in [5, 5.41) is 24.3. The van der Waals surface area contributed by atoms with Crippen LogP contribution in [0.2, 0.25) is 0 Å². The van der Waals surface area contributed by atoms with Gasteiger partial charge in [0, 0.05) is 19.4 Å². The van der Waals surface area contributed by atoms with E-state index in [1.165, 1.54) is 4.90 Å². The number of carboxylic acids is 2. The molecule has 0 saturated carbocycles. The lowest BCUT2D eigenvalue weighted by atomic mass is 9.93. The Balaban J connectivity index is 1.61. The van der Waals surface area contributed by atoms with Gasteiger partial charge in [0.25, 0.3) is 0 Å². The molecule has 1 aliphatic heterocycles. The number of unbranched alkanes of at least 4 members (excludes halogenated alkanes) is 1. The SMILES string of the molecule is NCCCC[C@H](NC(=O)OCc1ccccc1)C(=O)N[C@H](CCC(=O)N1Cc2ccccc2C[C@H]1C(=O)O)C(=O)O. The van der Waals surface area contributed by atoms with Crippen molar-refractivity contribution in [3.8, 4) is 0 Å². The van der Waals surface area contributed by atoms with Crippen molar-refractivity contribution < 1.29 is 38.9 Å². The molecule has 3 amide bonds. The van der Waals surface area contributed by atoms with E-state index in [0.717, 1.165) is 16.7 Å². The summed E-state index contributed by atoms with van der Waals surface area (Å²) in [6.45, 7) is 0.460. The fourth-order valence-corrected chi connectivity index (χ4v) is 4.62. The summed E-state index contributed by atoms with van der Waals surface area (Å²) in [5.74, 6) is -3.79. The molecule has 12 heteroatoms. The van der Waals surface area contributed by atoms with Crippen molar-refractivity contribution in [1.29, 1.82) is 0 Å². The van der Waals surface area contributed by atoms with Gasteiger partial charge in [-0.1, -0.05) is 54.6 Å². The molecule has 0 bridgehead atoms. The fourth-order valence-electron chi connectivity index (χ4n) is 4.62. The number of nitrogens with zero attached hydrogens (tertiary/aromatic N) is 1. The van der Waals surface area contributed by atoms with Crippen LogP contribution in [0.25, 0.3) is 0 Å². The molecule has 3 rings (SSSR count). The predicted molar refractivity (Wildman–Crippen MR) is 147 cm³/mol. The third-order valence-electron chi connectivity index (χ3n) is 6.88. The Kier molecular flexibility index (Phi) is 11.6. The smallest absolute Gasteiger partial charge is 0.408 e. The number of ether oxygens (including phenoxy) is 1. The van der Waals surface area contributed by atoms with Gasteiger partial charge in [-0.2, -0.15) is 0 Å². The first-order valence-corrected chi connectivity index (χ1v) is 13.5. The average Bonchev–Trinajstić information content (AvgIpc) is 2.97. The van der Waals surface area contributed by atoms with E-state index in [9.17, 15) is 34.2 Å². The van der Waals surface area contributed by atoms with E-state index in [1.54, 1.807) is 36.4 Å². The summed E-state index contributed by atoms with van der Waals surface area (Å²) in [5.41, 5.74) is 7.97. The van der Waals surface area contributed by atoms with Crippen molar-refractivity contribution in [2.24, 2.45) is 5.73 Å². The Morgan fingerprint density at radius 3 is 2.24 bits per heavy atom. The molecular weight excluding hydrogens is 532 g/mol. The van der Waals surface area contributed by atoms with Crippen LogP contribution in [-0.2, 0) is 43.5 Å². The number of carboxylic acid groups (broad SMARTS) is 2. The highest BCUT2D eigenvalue weighted by molar-refractivity contribution is 5.90. The molecule has 41 heavy (non-hydrogen) atoms. The van der Waals surface area contributed by atoms with Crippen LogP contribution in [-0.4, -0.2) is 69.6 Å². The van der Waals surface area contributed by atoms with E-state index in [0.29, 0.717) is 19.4 Å². The summed E-state index contributed by atoms with van der Waals surface area (Å²) in [7, 11) is 0. The minimum Gasteiger partial charge on any atom is -0.480 e. The number of nitrogens with two attached hydrogens (primary N) is 1. The highest BCUT2D eigenvalue weighted by atomic mass is 16.5. The van der Waals surface area contributed by atoms with Crippen LogP contribution in [0.15, 0.2) is 54.6 Å². The molecule has 220 valence electrons. The summed E-state index contributed by atoms with van der Waals surface area (Å²) in [6.07, 6.45) is 0.0250. The van der Waals surface area contributed by atoms with Gasteiger partial charge in [-0.3, -0.25) is 9.59 Å². The van der Waals surface area contributed by atoms with Crippen LogP contribution >= 0.6 is 0 Å². The highest BCUT2D eigenvalue weighted by Gasteiger charge is 2.35. The molecule has 2 aromatic rings. The maximum absolute atomic E-state index is 13.0. The Morgan fingerprint density at radius 1 is 0.902 bits per heavy atom. The predicted octanol–water partition coefficient (Wildman–Crippen LogP) is 1.80. The molecular formula is C29H36N4O8. The topological polar surface area (TPSA) is 188 Å². The zero-order valence-electron chi connectivity index (χ0n) is 22.7. The van der Waals surface area contributed by atoms with Crippen LogP contribution < -0.4 is 16.4 Å². The maximum atomic E-state index is 13.0. The molecule has 0 unspecified atom stereocenters. The number of benzene rings is 2. The van der Waals surface area contributed by atoms with Crippen molar-refractivity contribution in [2.45, 2.75) is 69.8 Å². The van der Waals surface area contributed by atoms with Crippen molar-refractivity contribution in [2.75, 3.05) is 6.54 Å². The molecule has 0 radical (unpaired) electrons. The Hall–Kier alpha value is -4.45. The van der Waals surface area contributed by atoms with E-state index < -0.39 is 48.0 Å². The summed E-state index contributed by atoms with van der Waals surface area (Å²) in [4.78, 5) is 63.5. The van der Waals surface area contributed by atoms with E-state index in [4.69, 9.17) is 10.5 Å². The van der Waals surface area contributed by atoms with Gasteiger partial charge in [-0.25, -0.2) is 14.4 Å². The number of rotatable bonds is 14. The zero-order chi connectivity index (χ0) is 29.8. The number of aliphatic carboxylic acids is 2. The third-order valence-corrected chi connectivity index (χ3v) is 6.88. The number of hydrogen-bond donors (Lipinski definition) is 5. The largest absolute Gasteiger partial charge is 0.480 e. The summed E-state index contributed by atoms with van der Waals surface area (Å²) < 4.78 is 5.20. The third kappa shape index (κ3) is 9.31. The molecule has 2 aromatic carbocycles. The van der Waals surface area contributed by atoms with Gasteiger partial charge in [0.15, 0.2) is 0 Å². The Bertz CT molecular complexity index is 1220. The number of carbonyl (C=O) groups excluding carboxylic acids is 3. The zero-order valence-corrected chi connectivity index (χ0v) is 22.7. The number of nitrogens with one attached hydrogen (secondary N) is 2.